The number of nitrogens with two attached hydrogens (primary N) is 1. The minimum atomic E-state index is 0.113. The Kier molecular flexibility index (Phi) is 3.15. The fourth-order valence-electron chi connectivity index (χ4n) is 2.46. The normalized spacial score (nSPS) is 19.9. The van der Waals surface area contributed by atoms with Crippen LogP contribution in [0.25, 0.3) is 0 Å². The number of nitrogens with zero attached hydrogens (tertiary/aromatic N) is 1. The zero-order valence-corrected chi connectivity index (χ0v) is 10.1. The maximum absolute atomic E-state index is 11.9. The second-order valence-electron chi connectivity index (χ2n) is 5.08. The third kappa shape index (κ3) is 2.05. The van der Waals surface area contributed by atoms with Gasteiger partial charge in [0.1, 0.15) is 0 Å². The third-order valence-corrected chi connectivity index (χ3v) is 3.21. The van der Waals surface area contributed by atoms with Crippen molar-refractivity contribution >= 4 is 0 Å². The summed E-state index contributed by atoms with van der Waals surface area (Å²) in [5.74, 6) is 0.488. The molecule has 0 bridgehead atoms. The van der Waals surface area contributed by atoms with Crippen molar-refractivity contribution in [1.82, 2.24) is 4.57 Å². The van der Waals surface area contributed by atoms with Crippen LogP contribution < -0.4 is 11.3 Å². The van der Waals surface area contributed by atoms with Crippen LogP contribution in [0.5, 0.6) is 0 Å². The number of rotatable bonds is 2. The van der Waals surface area contributed by atoms with Crippen molar-refractivity contribution in [2.45, 2.75) is 45.7 Å². The lowest BCUT2D eigenvalue weighted by Gasteiger charge is -2.26. The van der Waals surface area contributed by atoms with Crippen molar-refractivity contribution in [1.29, 1.82) is 0 Å². The van der Waals surface area contributed by atoms with E-state index in [1.165, 1.54) is 11.3 Å². The molecule has 0 spiro atoms. The number of fused-ring (bicyclic) bond motifs is 1. The van der Waals surface area contributed by atoms with Crippen LogP contribution >= 0.6 is 0 Å². The van der Waals surface area contributed by atoms with Crippen LogP contribution in [-0.2, 0) is 13.0 Å². The molecule has 0 saturated carbocycles. The first kappa shape index (κ1) is 11.4. The van der Waals surface area contributed by atoms with E-state index in [1.807, 2.05) is 10.6 Å². The minimum Gasteiger partial charge on any atom is -0.324 e. The van der Waals surface area contributed by atoms with E-state index in [-0.39, 0.29) is 11.6 Å². The second kappa shape index (κ2) is 4.42. The lowest BCUT2D eigenvalue weighted by atomic mass is 9.91. The smallest absolute Gasteiger partial charge is 0.250 e. The molecule has 0 radical (unpaired) electrons. The van der Waals surface area contributed by atoms with E-state index in [4.69, 9.17) is 5.73 Å². The van der Waals surface area contributed by atoms with Gasteiger partial charge in [0.25, 0.3) is 5.56 Å². The van der Waals surface area contributed by atoms with Crippen LogP contribution in [0.15, 0.2) is 16.9 Å². The van der Waals surface area contributed by atoms with Crippen LogP contribution in [0.2, 0.25) is 0 Å². The van der Waals surface area contributed by atoms with Gasteiger partial charge in [0, 0.05) is 24.3 Å². The molecule has 2 rings (SSSR count). The van der Waals surface area contributed by atoms with Crippen molar-refractivity contribution in [2.75, 3.05) is 0 Å². The van der Waals surface area contributed by atoms with Gasteiger partial charge in [-0.1, -0.05) is 19.9 Å². The molecular weight excluding hydrogens is 200 g/mol. The Labute approximate surface area is 96.3 Å². The van der Waals surface area contributed by atoms with E-state index in [0.717, 1.165) is 25.8 Å². The average Bonchev–Trinajstić information content (AvgIpc) is 2.22. The molecule has 0 aromatic carbocycles. The van der Waals surface area contributed by atoms with E-state index in [1.54, 1.807) is 6.07 Å². The summed E-state index contributed by atoms with van der Waals surface area (Å²) >= 11 is 0. The van der Waals surface area contributed by atoms with E-state index in [9.17, 15) is 4.79 Å². The SMILES string of the molecule is CC(C)Cn1c2c(ccc1=O)C(N)CCC2. The predicted octanol–water partition coefficient (Wildman–Crippen LogP) is 1.84. The summed E-state index contributed by atoms with van der Waals surface area (Å²) in [6, 6.07) is 3.69. The van der Waals surface area contributed by atoms with Crippen molar-refractivity contribution in [2.24, 2.45) is 11.7 Å². The van der Waals surface area contributed by atoms with Crippen LogP contribution in [0.4, 0.5) is 0 Å². The maximum Gasteiger partial charge on any atom is 0.250 e. The third-order valence-electron chi connectivity index (χ3n) is 3.21. The first-order valence-corrected chi connectivity index (χ1v) is 6.08. The number of hydrogen-bond acceptors (Lipinski definition) is 2. The van der Waals surface area contributed by atoms with E-state index in [0.29, 0.717) is 5.92 Å². The molecular formula is C13H20N2O. The molecule has 0 fully saturated rings. The number of pyridine rings is 1. The van der Waals surface area contributed by atoms with Gasteiger partial charge in [-0.05, 0) is 30.7 Å². The molecule has 0 aliphatic heterocycles. The highest BCUT2D eigenvalue weighted by molar-refractivity contribution is 5.27. The molecule has 1 aliphatic carbocycles. The molecule has 0 saturated heterocycles. The summed E-state index contributed by atoms with van der Waals surface area (Å²) in [7, 11) is 0. The van der Waals surface area contributed by atoms with Gasteiger partial charge in [-0.25, -0.2) is 0 Å². The molecule has 1 heterocycles. The van der Waals surface area contributed by atoms with Crippen molar-refractivity contribution in [3.05, 3.63) is 33.7 Å². The van der Waals surface area contributed by atoms with Gasteiger partial charge < -0.3 is 10.3 Å². The van der Waals surface area contributed by atoms with Gasteiger partial charge in [0.15, 0.2) is 0 Å². The van der Waals surface area contributed by atoms with Crippen LogP contribution in [-0.4, -0.2) is 4.57 Å². The van der Waals surface area contributed by atoms with E-state index >= 15 is 0 Å². The molecule has 88 valence electrons. The summed E-state index contributed by atoms with van der Waals surface area (Å²) in [6.07, 6.45) is 3.12. The molecule has 2 N–H and O–H groups in total. The summed E-state index contributed by atoms with van der Waals surface area (Å²) in [5, 5.41) is 0. The highest BCUT2D eigenvalue weighted by atomic mass is 16.1. The first-order valence-electron chi connectivity index (χ1n) is 6.08. The van der Waals surface area contributed by atoms with Gasteiger partial charge in [-0.15, -0.1) is 0 Å². The molecule has 3 nitrogen and oxygen atoms in total. The van der Waals surface area contributed by atoms with Gasteiger partial charge in [-0.3, -0.25) is 4.79 Å². The quantitative estimate of drug-likeness (QED) is 0.826. The zero-order valence-electron chi connectivity index (χ0n) is 10.1. The average molecular weight is 220 g/mol. The lowest BCUT2D eigenvalue weighted by Crippen LogP contribution is -2.30. The van der Waals surface area contributed by atoms with Gasteiger partial charge >= 0.3 is 0 Å². The van der Waals surface area contributed by atoms with E-state index in [2.05, 4.69) is 13.8 Å². The molecule has 1 atom stereocenters. The summed E-state index contributed by atoms with van der Waals surface area (Å²) in [6.45, 7) is 5.07. The fourth-order valence-corrected chi connectivity index (χ4v) is 2.46. The second-order valence-corrected chi connectivity index (χ2v) is 5.08. The largest absolute Gasteiger partial charge is 0.324 e. The Balaban J connectivity index is 2.50. The first-order chi connectivity index (χ1) is 7.59. The Morgan fingerprint density at radius 3 is 2.94 bits per heavy atom. The lowest BCUT2D eigenvalue weighted by molar-refractivity contribution is 0.464. The Morgan fingerprint density at radius 1 is 1.50 bits per heavy atom. The Hall–Kier alpha value is -1.09. The highest BCUT2D eigenvalue weighted by Crippen LogP contribution is 2.26. The topological polar surface area (TPSA) is 48.0 Å². The summed E-state index contributed by atoms with van der Waals surface area (Å²) in [4.78, 5) is 11.9. The van der Waals surface area contributed by atoms with Crippen molar-refractivity contribution in [3.8, 4) is 0 Å². The standard InChI is InChI=1S/C13H20N2O/c1-9(2)8-15-12-5-3-4-11(14)10(12)6-7-13(15)16/h6-7,9,11H,3-5,8,14H2,1-2H3. The Bertz CT molecular complexity index is 434. The molecule has 1 aromatic rings. The van der Waals surface area contributed by atoms with Crippen molar-refractivity contribution < 1.29 is 0 Å². The predicted molar refractivity (Wildman–Crippen MR) is 65.4 cm³/mol. The Morgan fingerprint density at radius 2 is 2.25 bits per heavy atom. The van der Waals surface area contributed by atoms with Crippen LogP contribution in [0.1, 0.15) is 44.0 Å². The number of aromatic nitrogens is 1. The molecule has 1 aliphatic rings. The number of hydrogen-bond donors (Lipinski definition) is 1. The van der Waals surface area contributed by atoms with Gasteiger partial charge in [0.05, 0.1) is 0 Å². The molecule has 1 unspecified atom stereocenters. The van der Waals surface area contributed by atoms with Crippen molar-refractivity contribution in [3.63, 3.8) is 0 Å². The van der Waals surface area contributed by atoms with Gasteiger partial charge in [0.2, 0.25) is 0 Å². The monoisotopic (exact) mass is 220 g/mol. The fraction of sp³-hybridized carbons (Fsp3) is 0.615. The van der Waals surface area contributed by atoms with E-state index < -0.39 is 0 Å². The highest BCUT2D eigenvalue weighted by Gasteiger charge is 2.20. The molecule has 16 heavy (non-hydrogen) atoms. The molecule has 3 heteroatoms. The maximum atomic E-state index is 11.9. The molecule has 1 aromatic heterocycles. The van der Waals surface area contributed by atoms with Gasteiger partial charge in [-0.2, -0.15) is 0 Å². The van der Waals surface area contributed by atoms with Crippen LogP contribution in [0.3, 0.4) is 0 Å². The summed E-state index contributed by atoms with van der Waals surface area (Å²) < 4.78 is 1.92. The van der Waals surface area contributed by atoms with Crippen LogP contribution in [0, 0.1) is 5.92 Å². The minimum absolute atomic E-state index is 0.113. The zero-order chi connectivity index (χ0) is 11.7. The molecule has 0 amide bonds. The summed E-state index contributed by atoms with van der Waals surface area (Å²) in [5.41, 5.74) is 8.53.